The van der Waals surface area contributed by atoms with Gasteiger partial charge in [0.15, 0.2) is 0 Å². The van der Waals surface area contributed by atoms with E-state index >= 15 is 0 Å². The number of nitrogens with zero attached hydrogens (tertiary/aromatic N) is 3. The Morgan fingerprint density at radius 2 is 2.05 bits per heavy atom. The number of carbonyl (C=O) groups is 1. The fraction of sp³-hybridized carbons (Fsp3) is 0.214. The van der Waals surface area contributed by atoms with Crippen molar-refractivity contribution in [3.05, 3.63) is 53.1 Å². The summed E-state index contributed by atoms with van der Waals surface area (Å²) in [6, 6.07) is 7.38. The van der Waals surface area contributed by atoms with E-state index in [0.29, 0.717) is 29.3 Å². The molecule has 5 heteroatoms. The van der Waals surface area contributed by atoms with E-state index in [-0.39, 0.29) is 5.78 Å². The summed E-state index contributed by atoms with van der Waals surface area (Å²) in [5.41, 5.74) is 3.16. The minimum Gasteiger partial charge on any atom is -0.396 e. The molecule has 0 atom stereocenters. The van der Waals surface area contributed by atoms with Crippen LogP contribution in [-0.2, 0) is 11.9 Å². The molecule has 1 aliphatic rings. The molecule has 1 aromatic carbocycles. The van der Waals surface area contributed by atoms with Crippen molar-refractivity contribution >= 4 is 11.5 Å². The number of ketones is 1. The first-order valence-corrected chi connectivity index (χ1v) is 6.09. The van der Waals surface area contributed by atoms with Crippen LogP contribution in [0.15, 0.2) is 35.7 Å². The average Bonchev–Trinajstić information content (AvgIpc) is 2.81. The SMILES string of the molecule is CCON=C1c2ccccc2C(=O)c2c1ncn2C. The summed E-state index contributed by atoms with van der Waals surface area (Å²) in [5, 5.41) is 4.12. The molecule has 1 aromatic heterocycles. The van der Waals surface area contributed by atoms with E-state index in [4.69, 9.17) is 4.84 Å². The van der Waals surface area contributed by atoms with Gasteiger partial charge < -0.3 is 9.40 Å². The van der Waals surface area contributed by atoms with E-state index in [0.717, 1.165) is 5.56 Å². The van der Waals surface area contributed by atoms with E-state index in [1.54, 1.807) is 24.0 Å². The summed E-state index contributed by atoms with van der Waals surface area (Å²) in [7, 11) is 1.80. The largest absolute Gasteiger partial charge is 0.396 e. The Labute approximate surface area is 110 Å². The molecule has 3 rings (SSSR count). The number of hydrogen-bond donors (Lipinski definition) is 0. The molecule has 0 N–H and O–H groups in total. The van der Waals surface area contributed by atoms with Gasteiger partial charge in [-0.15, -0.1) is 0 Å². The Morgan fingerprint density at radius 3 is 2.79 bits per heavy atom. The number of hydrogen-bond acceptors (Lipinski definition) is 4. The van der Waals surface area contributed by atoms with Gasteiger partial charge in [-0.25, -0.2) is 4.98 Å². The zero-order valence-corrected chi connectivity index (χ0v) is 10.8. The molecule has 96 valence electrons. The molecule has 0 saturated heterocycles. The van der Waals surface area contributed by atoms with Crippen molar-refractivity contribution in [1.82, 2.24) is 9.55 Å². The first-order valence-electron chi connectivity index (χ1n) is 6.09. The highest BCUT2D eigenvalue weighted by Gasteiger charge is 2.32. The quantitative estimate of drug-likeness (QED) is 0.655. The van der Waals surface area contributed by atoms with Gasteiger partial charge in [-0.2, -0.15) is 0 Å². The Morgan fingerprint density at radius 1 is 1.32 bits per heavy atom. The summed E-state index contributed by atoms with van der Waals surface area (Å²) >= 11 is 0. The second kappa shape index (κ2) is 4.35. The first-order chi connectivity index (χ1) is 9.24. The molecule has 0 bridgehead atoms. The molecule has 5 nitrogen and oxygen atoms in total. The van der Waals surface area contributed by atoms with Crippen molar-refractivity contribution in [2.45, 2.75) is 6.92 Å². The first kappa shape index (κ1) is 11.6. The Balaban J connectivity index is 2.27. The molecule has 19 heavy (non-hydrogen) atoms. The summed E-state index contributed by atoms with van der Waals surface area (Å²) in [5.74, 6) is -0.0268. The average molecular weight is 255 g/mol. The van der Waals surface area contributed by atoms with E-state index in [9.17, 15) is 4.79 Å². The molecule has 0 radical (unpaired) electrons. The van der Waals surface area contributed by atoms with E-state index in [1.165, 1.54) is 0 Å². The van der Waals surface area contributed by atoms with Crippen LogP contribution in [0.2, 0.25) is 0 Å². The molecule has 0 unspecified atom stereocenters. The lowest BCUT2D eigenvalue weighted by molar-refractivity contribution is 0.102. The van der Waals surface area contributed by atoms with Crippen LogP contribution < -0.4 is 0 Å². The molecule has 2 aromatic rings. The lowest BCUT2D eigenvalue weighted by Crippen LogP contribution is -2.23. The minimum absolute atomic E-state index is 0.0268. The van der Waals surface area contributed by atoms with Gasteiger partial charge in [0.2, 0.25) is 5.78 Å². The second-order valence-corrected chi connectivity index (χ2v) is 4.29. The van der Waals surface area contributed by atoms with E-state index < -0.39 is 0 Å². The van der Waals surface area contributed by atoms with Crippen molar-refractivity contribution in [3.8, 4) is 0 Å². The van der Waals surface area contributed by atoms with Gasteiger partial charge in [-0.05, 0) is 6.92 Å². The highest BCUT2D eigenvalue weighted by Crippen LogP contribution is 2.26. The van der Waals surface area contributed by atoms with E-state index in [1.807, 2.05) is 25.1 Å². The summed E-state index contributed by atoms with van der Waals surface area (Å²) < 4.78 is 1.72. The molecular weight excluding hydrogens is 242 g/mol. The van der Waals surface area contributed by atoms with Gasteiger partial charge in [-0.3, -0.25) is 4.79 Å². The zero-order chi connectivity index (χ0) is 13.4. The normalized spacial score (nSPS) is 15.3. The van der Waals surface area contributed by atoms with Gasteiger partial charge in [0.05, 0.1) is 6.33 Å². The molecule has 0 fully saturated rings. The van der Waals surface area contributed by atoms with Crippen LogP contribution in [0, 0.1) is 0 Å². The number of imidazole rings is 1. The predicted molar refractivity (Wildman–Crippen MR) is 70.3 cm³/mol. The van der Waals surface area contributed by atoms with Crippen molar-refractivity contribution in [2.24, 2.45) is 12.2 Å². The number of aryl methyl sites for hydroxylation is 1. The van der Waals surface area contributed by atoms with Crippen LogP contribution in [0.4, 0.5) is 0 Å². The monoisotopic (exact) mass is 255 g/mol. The van der Waals surface area contributed by atoms with Gasteiger partial charge in [0.1, 0.15) is 23.7 Å². The molecular formula is C14H13N3O2. The van der Waals surface area contributed by atoms with Crippen molar-refractivity contribution in [2.75, 3.05) is 6.61 Å². The van der Waals surface area contributed by atoms with Gasteiger partial charge in [0, 0.05) is 18.2 Å². The summed E-state index contributed by atoms with van der Waals surface area (Å²) in [6.07, 6.45) is 1.62. The highest BCUT2D eigenvalue weighted by molar-refractivity contribution is 6.28. The summed E-state index contributed by atoms with van der Waals surface area (Å²) in [6.45, 7) is 2.34. The maximum absolute atomic E-state index is 12.5. The minimum atomic E-state index is -0.0268. The number of rotatable bonds is 2. The van der Waals surface area contributed by atoms with Crippen LogP contribution in [0.3, 0.4) is 0 Å². The Hall–Kier alpha value is -2.43. The fourth-order valence-electron chi connectivity index (χ4n) is 2.24. The van der Waals surface area contributed by atoms with Crippen molar-refractivity contribution < 1.29 is 9.63 Å². The number of benzene rings is 1. The standard InChI is InChI=1S/C14H13N3O2/c1-3-19-16-11-9-6-4-5-7-10(9)14(18)13-12(11)15-8-17(13)2/h4-8H,3H2,1-2H3. The summed E-state index contributed by atoms with van der Waals surface area (Å²) in [4.78, 5) is 21.9. The van der Waals surface area contributed by atoms with Gasteiger partial charge >= 0.3 is 0 Å². The third-order valence-corrected chi connectivity index (χ3v) is 3.09. The van der Waals surface area contributed by atoms with Crippen molar-refractivity contribution in [1.29, 1.82) is 0 Å². The second-order valence-electron chi connectivity index (χ2n) is 4.29. The Kier molecular flexibility index (Phi) is 2.67. The van der Waals surface area contributed by atoms with Gasteiger partial charge in [0.25, 0.3) is 0 Å². The molecule has 0 amide bonds. The fourth-order valence-corrected chi connectivity index (χ4v) is 2.24. The van der Waals surface area contributed by atoms with Crippen molar-refractivity contribution in [3.63, 3.8) is 0 Å². The topological polar surface area (TPSA) is 56.5 Å². The lowest BCUT2D eigenvalue weighted by Gasteiger charge is -2.16. The van der Waals surface area contributed by atoms with E-state index in [2.05, 4.69) is 10.1 Å². The lowest BCUT2D eigenvalue weighted by atomic mass is 9.89. The third kappa shape index (κ3) is 1.66. The van der Waals surface area contributed by atoms with Crippen LogP contribution in [-0.4, -0.2) is 27.7 Å². The van der Waals surface area contributed by atoms with Crippen LogP contribution in [0.5, 0.6) is 0 Å². The molecule has 0 spiro atoms. The predicted octanol–water partition coefficient (Wildman–Crippen LogP) is 1.75. The van der Waals surface area contributed by atoms with Crippen LogP contribution in [0.1, 0.15) is 34.2 Å². The maximum Gasteiger partial charge on any atom is 0.212 e. The smallest absolute Gasteiger partial charge is 0.212 e. The van der Waals surface area contributed by atoms with Crippen LogP contribution in [0.25, 0.3) is 0 Å². The molecule has 1 aliphatic carbocycles. The molecule has 1 heterocycles. The van der Waals surface area contributed by atoms with Gasteiger partial charge in [-0.1, -0.05) is 29.4 Å². The highest BCUT2D eigenvalue weighted by atomic mass is 16.6. The zero-order valence-electron chi connectivity index (χ0n) is 10.8. The number of oxime groups is 1. The number of carbonyl (C=O) groups excluding carboxylic acids is 1. The number of aromatic nitrogens is 2. The molecule has 0 aliphatic heterocycles. The Bertz CT molecular complexity index is 686. The van der Waals surface area contributed by atoms with Crippen LogP contribution >= 0.6 is 0 Å². The molecule has 0 saturated carbocycles. The number of fused-ring (bicyclic) bond motifs is 2. The third-order valence-electron chi connectivity index (χ3n) is 3.09. The maximum atomic E-state index is 12.5.